The Hall–Kier alpha value is -1.54. The molecule has 0 unspecified atom stereocenters. The summed E-state index contributed by atoms with van der Waals surface area (Å²) in [5.74, 6) is 0. The monoisotopic (exact) mass is 327 g/mol. The molecule has 1 N–H and O–H groups in total. The lowest BCUT2D eigenvalue weighted by molar-refractivity contribution is -0.385. The summed E-state index contributed by atoms with van der Waals surface area (Å²) >= 11 is 0. The topological polar surface area (TPSA) is 58.4 Å². The molecule has 9 heteroatoms. The molecule has 0 saturated heterocycles. The number of hydrogen-bond donors (Lipinski definition) is 1. The normalized spacial score (nSPS) is 11.1. The quantitative estimate of drug-likeness (QED) is 0.494. The van der Waals surface area contributed by atoms with E-state index < -0.39 is 22.4 Å². The highest BCUT2D eigenvalue weighted by atomic mass is 35.5. The van der Waals surface area contributed by atoms with Gasteiger partial charge < -0.3 is 10.2 Å². The van der Waals surface area contributed by atoms with E-state index in [1.54, 1.807) is 0 Å². The third-order valence-electron chi connectivity index (χ3n) is 2.62. The minimum atomic E-state index is -4.63. The first-order valence-corrected chi connectivity index (χ1v) is 5.96. The predicted molar refractivity (Wildman–Crippen MR) is 77.0 cm³/mol. The van der Waals surface area contributed by atoms with Gasteiger partial charge in [0.15, 0.2) is 0 Å². The summed E-state index contributed by atoms with van der Waals surface area (Å²) in [7, 11) is 3.74. The summed E-state index contributed by atoms with van der Waals surface area (Å²) in [5, 5.41) is 13.2. The van der Waals surface area contributed by atoms with Crippen LogP contribution in [0.5, 0.6) is 0 Å². The number of non-ortho nitro benzene ring substituents is 1. The van der Waals surface area contributed by atoms with Crippen molar-refractivity contribution in [3.05, 3.63) is 33.9 Å². The fourth-order valence-electron chi connectivity index (χ4n) is 1.65. The van der Waals surface area contributed by atoms with Gasteiger partial charge in [-0.1, -0.05) is 0 Å². The molecule has 1 aromatic rings. The zero-order chi connectivity index (χ0) is 15.3. The van der Waals surface area contributed by atoms with E-state index in [-0.39, 0.29) is 18.1 Å². The molecule has 0 saturated carbocycles. The number of halogens is 4. The van der Waals surface area contributed by atoms with Gasteiger partial charge in [0.05, 0.1) is 10.5 Å². The first-order valence-electron chi connectivity index (χ1n) is 5.96. The second-order valence-corrected chi connectivity index (χ2v) is 4.57. The smallest absolute Gasteiger partial charge is 0.384 e. The molecule has 21 heavy (non-hydrogen) atoms. The second-order valence-electron chi connectivity index (χ2n) is 4.57. The van der Waals surface area contributed by atoms with Crippen molar-refractivity contribution in [2.75, 3.05) is 32.5 Å². The molecule has 0 bridgehead atoms. The van der Waals surface area contributed by atoms with Gasteiger partial charge >= 0.3 is 6.18 Å². The van der Waals surface area contributed by atoms with Crippen molar-refractivity contribution in [1.82, 2.24) is 4.90 Å². The van der Waals surface area contributed by atoms with E-state index in [0.717, 1.165) is 18.7 Å². The lowest BCUT2D eigenvalue weighted by Crippen LogP contribution is -2.17. The molecule has 0 aromatic heterocycles. The van der Waals surface area contributed by atoms with E-state index in [1.807, 2.05) is 19.0 Å². The molecule has 0 amide bonds. The van der Waals surface area contributed by atoms with Gasteiger partial charge in [-0.2, -0.15) is 13.2 Å². The van der Waals surface area contributed by atoms with Crippen LogP contribution in [-0.4, -0.2) is 37.0 Å². The number of alkyl halides is 3. The standard InChI is InChI=1S/C12H16F3N3O2.ClH/c1-17(2)7-3-6-16-11-5-4-9(18(19)20)8-10(11)12(13,14)15;/h4-5,8,16H,3,6-7H2,1-2H3;1H. The van der Waals surface area contributed by atoms with E-state index in [0.29, 0.717) is 19.0 Å². The van der Waals surface area contributed by atoms with Gasteiger partial charge in [0.1, 0.15) is 0 Å². The number of anilines is 1. The van der Waals surface area contributed by atoms with Crippen molar-refractivity contribution >= 4 is 23.8 Å². The largest absolute Gasteiger partial charge is 0.418 e. The van der Waals surface area contributed by atoms with E-state index in [4.69, 9.17) is 0 Å². The van der Waals surface area contributed by atoms with Crippen LogP contribution in [-0.2, 0) is 6.18 Å². The van der Waals surface area contributed by atoms with E-state index in [1.165, 1.54) is 0 Å². The minimum absolute atomic E-state index is 0. The summed E-state index contributed by atoms with van der Waals surface area (Å²) in [6.07, 6.45) is -3.96. The molecule has 0 radical (unpaired) electrons. The molecule has 0 aliphatic carbocycles. The number of benzene rings is 1. The van der Waals surface area contributed by atoms with Crippen molar-refractivity contribution in [3.8, 4) is 0 Å². The van der Waals surface area contributed by atoms with Crippen LogP contribution in [0.15, 0.2) is 18.2 Å². The van der Waals surface area contributed by atoms with Gasteiger partial charge in [0, 0.05) is 24.4 Å². The Kier molecular flexibility index (Phi) is 7.45. The van der Waals surface area contributed by atoms with Crippen LogP contribution in [0.4, 0.5) is 24.5 Å². The number of hydrogen-bond acceptors (Lipinski definition) is 4. The summed E-state index contributed by atoms with van der Waals surface area (Å²) in [6.45, 7) is 1.10. The molecule has 0 aliphatic heterocycles. The van der Waals surface area contributed by atoms with Crippen LogP contribution in [0.2, 0.25) is 0 Å². The Morgan fingerprint density at radius 2 is 1.95 bits per heavy atom. The van der Waals surface area contributed by atoms with Crippen molar-refractivity contribution < 1.29 is 18.1 Å². The third kappa shape index (κ3) is 6.17. The molecule has 0 atom stereocenters. The van der Waals surface area contributed by atoms with Crippen LogP contribution >= 0.6 is 12.4 Å². The van der Waals surface area contributed by atoms with Crippen LogP contribution in [0.3, 0.4) is 0 Å². The fourth-order valence-corrected chi connectivity index (χ4v) is 1.65. The maximum Gasteiger partial charge on any atom is 0.418 e. The average molecular weight is 328 g/mol. The summed E-state index contributed by atoms with van der Waals surface area (Å²) in [5.41, 5.74) is -1.73. The van der Waals surface area contributed by atoms with Crippen LogP contribution in [0.1, 0.15) is 12.0 Å². The summed E-state index contributed by atoms with van der Waals surface area (Å²) in [6, 6.07) is 2.70. The Bertz CT molecular complexity index is 481. The van der Waals surface area contributed by atoms with Crippen molar-refractivity contribution in [1.29, 1.82) is 0 Å². The van der Waals surface area contributed by atoms with E-state index in [2.05, 4.69) is 5.32 Å². The zero-order valence-electron chi connectivity index (χ0n) is 11.6. The highest BCUT2D eigenvalue weighted by molar-refractivity contribution is 5.85. The molecular formula is C12H17ClF3N3O2. The highest BCUT2D eigenvalue weighted by Gasteiger charge is 2.35. The number of nitro benzene ring substituents is 1. The molecule has 0 aliphatic rings. The second kappa shape index (κ2) is 8.04. The zero-order valence-corrected chi connectivity index (χ0v) is 12.4. The Balaban J connectivity index is 0.00000400. The van der Waals surface area contributed by atoms with Gasteiger partial charge in [0.2, 0.25) is 0 Å². The minimum Gasteiger partial charge on any atom is -0.384 e. The molecule has 0 heterocycles. The van der Waals surface area contributed by atoms with Gasteiger partial charge in [-0.05, 0) is 33.1 Å². The lowest BCUT2D eigenvalue weighted by Gasteiger charge is -2.15. The number of nitrogens with one attached hydrogen (secondary N) is 1. The number of nitrogens with zero attached hydrogens (tertiary/aromatic N) is 2. The lowest BCUT2D eigenvalue weighted by atomic mass is 10.1. The van der Waals surface area contributed by atoms with Crippen LogP contribution in [0, 0.1) is 10.1 Å². The summed E-state index contributed by atoms with van der Waals surface area (Å²) < 4.78 is 38.6. The Morgan fingerprint density at radius 1 is 1.33 bits per heavy atom. The highest BCUT2D eigenvalue weighted by Crippen LogP contribution is 2.36. The maximum atomic E-state index is 12.9. The molecule has 0 spiro atoms. The molecule has 0 fully saturated rings. The molecular weight excluding hydrogens is 311 g/mol. The molecule has 5 nitrogen and oxygen atoms in total. The van der Waals surface area contributed by atoms with Gasteiger partial charge in [-0.3, -0.25) is 10.1 Å². The van der Waals surface area contributed by atoms with Gasteiger partial charge in [-0.25, -0.2) is 0 Å². The molecule has 1 aromatic carbocycles. The van der Waals surface area contributed by atoms with Gasteiger partial charge in [0.25, 0.3) is 5.69 Å². The average Bonchev–Trinajstić information content (AvgIpc) is 2.33. The molecule has 1 rings (SSSR count). The first-order chi connectivity index (χ1) is 9.21. The summed E-state index contributed by atoms with van der Waals surface area (Å²) in [4.78, 5) is 11.6. The maximum absolute atomic E-state index is 12.9. The SMILES string of the molecule is CN(C)CCCNc1ccc([N+](=O)[O-])cc1C(F)(F)F.Cl. The number of rotatable bonds is 6. The molecule has 120 valence electrons. The Labute approximate surface area is 126 Å². The van der Waals surface area contributed by atoms with Gasteiger partial charge in [-0.15, -0.1) is 12.4 Å². The van der Waals surface area contributed by atoms with E-state index in [9.17, 15) is 23.3 Å². The van der Waals surface area contributed by atoms with Crippen molar-refractivity contribution in [2.24, 2.45) is 0 Å². The fraction of sp³-hybridized carbons (Fsp3) is 0.500. The Morgan fingerprint density at radius 3 is 2.43 bits per heavy atom. The van der Waals surface area contributed by atoms with Crippen LogP contribution < -0.4 is 5.32 Å². The van der Waals surface area contributed by atoms with Crippen molar-refractivity contribution in [2.45, 2.75) is 12.6 Å². The first kappa shape index (κ1) is 19.5. The van der Waals surface area contributed by atoms with Crippen LogP contribution in [0.25, 0.3) is 0 Å². The predicted octanol–water partition coefficient (Wildman–Crippen LogP) is 3.40. The van der Waals surface area contributed by atoms with Crippen molar-refractivity contribution in [3.63, 3.8) is 0 Å². The van der Waals surface area contributed by atoms with E-state index >= 15 is 0 Å². The third-order valence-corrected chi connectivity index (χ3v) is 2.62. The number of nitro groups is 1.